The number of nitrogens with one attached hydrogen (secondary N) is 1. The topological polar surface area (TPSA) is 119 Å². The van der Waals surface area contributed by atoms with Gasteiger partial charge in [-0.25, -0.2) is 9.48 Å². The van der Waals surface area contributed by atoms with Gasteiger partial charge in [-0.15, -0.1) is 5.10 Å². The maximum Gasteiger partial charge on any atom is 0.326 e. The third-order valence-corrected chi connectivity index (χ3v) is 3.75. The van der Waals surface area contributed by atoms with Crippen LogP contribution in [-0.2, 0) is 22.7 Å². The van der Waals surface area contributed by atoms with E-state index in [0.717, 1.165) is 0 Å². The van der Waals surface area contributed by atoms with Crippen molar-refractivity contribution < 1.29 is 19.4 Å². The Hall–Kier alpha value is -2.68. The number of nitrogens with zero attached hydrogens (tertiary/aromatic N) is 4. The maximum atomic E-state index is 12.1. The molecule has 0 saturated carbocycles. The summed E-state index contributed by atoms with van der Waals surface area (Å²) in [5, 5.41) is 23.2. The van der Waals surface area contributed by atoms with Crippen molar-refractivity contribution in [3.05, 3.63) is 35.1 Å². The van der Waals surface area contributed by atoms with Crippen molar-refractivity contribution in [3.63, 3.8) is 0 Å². The van der Waals surface area contributed by atoms with Gasteiger partial charge in [-0.05, 0) is 34.9 Å². The summed E-state index contributed by atoms with van der Waals surface area (Å²) in [7, 11) is 0. The number of carboxylic acids is 1. The Morgan fingerprint density at radius 3 is 2.73 bits per heavy atom. The van der Waals surface area contributed by atoms with Crippen LogP contribution in [0.25, 0.3) is 0 Å². The summed E-state index contributed by atoms with van der Waals surface area (Å²) in [5.41, 5.74) is 0. The van der Waals surface area contributed by atoms with Gasteiger partial charge in [0.2, 0.25) is 5.91 Å². The molecule has 0 fully saturated rings. The minimum atomic E-state index is -1.08. The van der Waals surface area contributed by atoms with E-state index in [1.54, 1.807) is 24.3 Å². The molecule has 26 heavy (non-hydrogen) atoms. The number of carbonyl (C=O) groups is 2. The van der Waals surface area contributed by atoms with Gasteiger partial charge in [0.25, 0.3) is 0 Å². The second kappa shape index (κ2) is 9.14. The fraction of sp³-hybridized carbons (Fsp3) is 0.438. The number of carbonyl (C=O) groups excluding carboxylic acids is 1. The van der Waals surface area contributed by atoms with E-state index < -0.39 is 17.9 Å². The molecular formula is C16H20ClN5O4. The number of tetrazole rings is 1. The van der Waals surface area contributed by atoms with Crippen LogP contribution in [0.15, 0.2) is 24.3 Å². The monoisotopic (exact) mass is 381 g/mol. The highest BCUT2D eigenvalue weighted by Gasteiger charge is 2.22. The second-order valence-electron chi connectivity index (χ2n) is 6.06. The molecule has 0 saturated heterocycles. The average molecular weight is 382 g/mol. The fourth-order valence-corrected chi connectivity index (χ4v) is 2.41. The summed E-state index contributed by atoms with van der Waals surface area (Å²) >= 11 is 6.01. The molecule has 10 heteroatoms. The third kappa shape index (κ3) is 5.69. The molecule has 0 aliphatic carbocycles. The Morgan fingerprint density at radius 1 is 1.35 bits per heavy atom. The summed E-state index contributed by atoms with van der Waals surface area (Å²) in [6, 6.07) is 5.99. The molecule has 0 aliphatic rings. The normalized spacial score (nSPS) is 12.0. The lowest BCUT2D eigenvalue weighted by Crippen LogP contribution is -2.43. The number of ether oxygens (including phenoxy) is 1. The predicted octanol–water partition coefficient (Wildman–Crippen LogP) is 1.52. The van der Waals surface area contributed by atoms with Crippen LogP contribution in [-0.4, -0.2) is 43.2 Å². The van der Waals surface area contributed by atoms with Crippen LogP contribution in [0.2, 0.25) is 5.02 Å². The summed E-state index contributed by atoms with van der Waals surface area (Å²) in [5.74, 6) is -0.661. The molecule has 2 aromatic rings. The first-order chi connectivity index (χ1) is 12.4. The van der Waals surface area contributed by atoms with Crippen LogP contribution in [0.5, 0.6) is 5.75 Å². The zero-order valence-corrected chi connectivity index (χ0v) is 15.2. The highest BCUT2D eigenvalue weighted by molar-refractivity contribution is 6.32. The molecule has 1 aromatic heterocycles. The summed E-state index contributed by atoms with van der Waals surface area (Å²) in [4.78, 5) is 23.4. The molecule has 1 heterocycles. The van der Waals surface area contributed by atoms with Gasteiger partial charge < -0.3 is 15.2 Å². The molecule has 0 aliphatic heterocycles. The van der Waals surface area contributed by atoms with E-state index in [2.05, 4.69) is 20.8 Å². The maximum absolute atomic E-state index is 12.1. The van der Waals surface area contributed by atoms with E-state index in [1.165, 1.54) is 4.68 Å². The standard InChI is InChI=1S/C16H20ClN5O4/c1-10(2)7-12(16(24)25)18-15(23)8-22-14(19-20-21-22)9-26-13-6-4-3-5-11(13)17/h3-6,10,12H,7-9H2,1-2H3,(H,18,23)(H,24,25). The SMILES string of the molecule is CC(C)CC(NC(=O)Cn1nnnc1COc1ccccc1Cl)C(=O)O. The van der Waals surface area contributed by atoms with Gasteiger partial charge >= 0.3 is 5.97 Å². The van der Waals surface area contributed by atoms with Crippen LogP contribution in [0.1, 0.15) is 26.1 Å². The molecule has 0 radical (unpaired) electrons. The molecule has 2 rings (SSSR count). The van der Waals surface area contributed by atoms with Crippen molar-refractivity contribution in [2.45, 2.75) is 39.5 Å². The van der Waals surface area contributed by atoms with Crippen molar-refractivity contribution in [2.75, 3.05) is 0 Å². The minimum Gasteiger partial charge on any atom is -0.484 e. The van der Waals surface area contributed by atoms with Crippen LogP contribution >= 0.6 is 11.6 Å². The van der Waals surface area contributed by atoms with Gasteiger partial charge in [0.15, 0.2) is 5.82 Å². The number of aliphatic carboxylic acids is 1. The third-order valence-electron chi connectivity index (χ3n) is 3.43. The fourth-order valence-electron chi connectivity index (χ4n) is 2.22. The second-order valence-corrected chi connectivity index (χ2v) is 6.47. The van der Waals surface area contributed by atoms with Crippen LogP contribution < -0.4 is 10.1 Å². The molecule has 1 amide bonds. The van der Waals surface area contributed by atoms with Gasteiger partial charge in [-0.1, -0.05) is 37.6 Å². The quantitative estimate of drug-likeness (QED) is 0.675. The lowest BCUT2D eigenvalue weighted by Gasteiger charge is -2.16. The number of hydrogen-bond acceptors (Lipinski definition) is 6. The van der Waals surface area contributed by atoms with Gasteiger partial charge in [-0.2, -0.15) is 0 Å². The van der Waals surface area contributed by atoms with E-state index in [4.69, 9.17) is 16.3 Å². The Morgan fingerprint density at radius 2 is 2.08 bits per heavy atom. The zero-order chi connectivity index (χ0) is 19.1. The molecule has 2 N–H and O–H groups in total. The molecule has 0 bridgehead atoms. The number of hydrogen-bond donors (Lipinski definition) is 2. The Bertz CT molecular complexity index is 765. The van der Waals surface area contributed by atoms with E-state index >= 15 is 0 Å². The summed E-state index contributed by atoms with van der Waals surface area (Å²) < 4.78 is 6.80. The smallest absolute Gasteiger partial charge is 0.326 e. The number of para-hydroxylation sites is 1. The van der Waals surface area contributed by atoms with E-state index in [0.29, 0.717) is 23.0 Å². The molecule has 140 valence electrons. The Labute approximate surface area is 155 Å². The van der Waals surface area contributed by atoms with Crippen molar-refractivity contribution >= 4 is 23.5 Å². The van der Waals surface area contributed by atoms with Gasteiger partial charge in [-0.3, -0.25) is 4.79 Å². The highest BCUT2D eigenvalue weighted by atomic mass is 35.5. The van der Waals surface area contributed by atoms with Crippen LogP contribution in [0.3, 0.4) is 0 Å². The lowest BCUT2D eigenvalue weighted by atomic mass is 10.0. The van der Waals surface area contributed by atoms with Gasteiger partial charge in [0, 0.05) is 0 Å². The number of halogens is 1. The van der Waals surface area contributed by atoms with Gasteiger partial charge in [0.05, 0.1) is 5.02 Å². The van der Waals surface area contributed by atoms with Crippen molar-refractivity contribution in [3.8, 4) is 5.75 Å². The number of amides is 1. The summed E-state index contributed by atoms with van der Waals surface area (Å²) in [6.07, 6.45) is 0.332. The highest BCUT2D eigenvalue weighted by Crippen LogP contribution is 2.23. The minimum absolute atomic E-state index is 0.0123. The van der Waals surface area contributed by atoms with Crippen molar-refractivity contribution in [1.29, 1.82) is 0 Å². The molecular weight excluding hydrogens is 362 g/mol. The van der Waals surface area contributed by atoms with Crippen molar-refractivity contribution in [2.24, 2.45) is 5.92 Å². The van der Waals surface area contributed by atoms with E-state index in [-0.39, 0.29) is 19.1 Å². The summed E-state index contributed by atoms with van der Waals surface area (Å²) in [6.45, 7) is 3.57. The number of rotatable bonds is 9. The average Bonchev–Trinajstić information content (AvgIpc) is 3.00. The first-order valence-corrected chi connectivity index (χ1v) is 8.39. The number of aromatic nitrogens is 4. The molecule has 1 atom stereocenters. The number of carboxylic acid groups (broad SMARTS) is 1. The van der Waals surface area contributed by atoms with Gasteiger partial charge in [0.1, 0.15) is 24.9 Å². The Kier molecular flexibility index (Phi) is 6.90. The first-order valence-electron chi connectivity index (χ1n) is 8.01. The largest absolute Gasteiger partial charge is 0.484 e. The predicted molar refractivity (Wildman–Crippen MR) is 92.6 cm³/mol. The first kappa shape index (κ1) is 19.6. The zero-order valence-electron chi connectivity index (χ0n) is 14.4. The Balaban J connectivity index is 1.96. The molecule has 1 aromatic carbocycles. The number of benzene rings is 1. The van der Waals surface area contributed by atoms with Crippen molar-refractivity contribution in [1.82, 2.24) is 25.5 Å². The van der Waals surface area contributed by atoms with E-state index in [9.17, 15) is 14.7 Å². The van der Waals surface area contributed by atoms with E-state index in [1.807, 2.05) is 13.8 Å². The molecule has 1 unspecified atom stereocenters. The van der Waals surface area contributed by atoms with Crippen LogP contribution in [0, 0.1) is 5.92 Å². The van der Waals surface area contributed by atoms with Crippen LogP contribution in [0.4, 0.5) is 0 Å². The lowest BCUT2D eigenvalue weighted by molar-refractivity contribution is -0.142. The molecule has 9 nitrogen and oxygen atoms in total. The molecule has 0 spiro atoms.